The molecule has 0 saturated carbocycles. The third-order valence-electron chi connectivity index (χ3n) is 3.94. The predicted octanol–water partition coefficient (Wildman–Crippen LogP) is 2.05. The fraction of sp³-hybridized carbons (Fsp3) is 0.316. The van der Waals surface area contributed by atoms with Crippen LogP contribution in [0.2, 0.25) is 4.34 Å². The lowest BCUT2D eigenvalue weighted by molar-refractivity contribution is -0.136. The lowest BCUT2D eigenvalue weighted by atomic mass is 10.3. The second kappa shape index (κ2) is 9.62. The van der Waals surface area contributed by atoms with Gasteiger partial charge in [-0.15, -0.1) is 11.3 Å². The molecule has 3 heterocycles. The maximum absolute atomic E-state index is 13.0. The number of rotatable bonds is 7. The Hall–Kier alpha value is -2.07. The number of thiophene rings is 1. The molecular weight excluding hydrogens is 432 g/mol. The number of esters is 1. The number of halogens is 1. The molecule has 0 radical (unpaired) electrons. The van der Waals surface area contributed by atoms with Gasteiger partial charge < -0.3 is 15.0 Å². The number of amides is 1. The van der Waals surface area contributed by atoms with Crippen LogP contribution in [-0.2, 0) is 14.3 Å². The number of carbonyl (C=O) groups excluding carboxylic acids is 2. The predicted molar refractivity (Wildman–Crippen MR) is 119 cm³/mol. The largest absolute Gasteiger partial charge is 0.423 e. The standard InChI is InChI=1S/C19H21ClN4O3S2/c1-24(2)10-6-8-15(25)27-16-17-12(11-13(20)28-17)23-29(3)18(16)19(26)22-14-7-4-5-9-21-14/h4-5,7,9,11H,6,8,10H2,1-3H3,(H,21,22,26). The van der Waals surface area contributed by atoms with Crippen LogP contribution in [0.3, 0.4) is 0 Å². The summed E-state index contributed by atoms with van der Waals surface area (Å²) < 4.78 is 11.4. The summed E-state index contributed by atoms with van der Waals surface area (Å²) in [6.45, 7) is 0.769. The van der Waals surface area contributed by atoms with Crippen molar-refractivity contribution in [3.63, 3.8) is 0 Å². The molecule has 0 spiro atoms. The van der Waals surface area contributed by atoms with E-state index < -0.39 is 16.6 Å². The van der Waals surface area contributed by atoms with E-state index in [1.807, 2.05) is 25.3 Å². The average Bonchev–Trinajstić information content (AvgIpc) is 3.02. The third kappa shape index (κ3) is 5.51. The Bertz CT molecular complexity index is 1080. The van der Waals surface area contributed by atoms with Gasteiger partial charge in [-0.2, -0.15) is 0 Å². The van der Waals surface area contributed by atoms with Gasteiger partial charge in [0.15, 0.2) is 5.76 Å². The highest BCUT2D eigenvalue weighted by atomic mass is 35.5. The molecule has 0 aromatic carbocycles. The zero-order valence-electron chi connectivity index (χ0n) is 16.3. The summed E-state index contributed by atoms with van der Waals surface area (Å²) in [5.74, 6) is -0.140. The number of fused-ring (bicyclic) bond motifs is 1. The Morgan fingerprint density at radius 3 is 2.83 bits per heavy atom. The second-order valence-corrected chi connectivity index (χ2v) is 9.77. The highest BCUT2D eigenvalue weighted by Crippen LogP contribution is 2.23. The molecule has 1 aliphatic rings. The Balaban J connectivity index is 1.92. The highest BCUT2D eigenvalue weighted by molar-refractivity contribution is 8.15. The van der Waals surface area contributed by atoms with Crippen molar-refractivity contribution < 1.29 is 14.3 Å². The van der Waals surface area contributed by atoms with Gasteiger partial charge in [-0.3, -0.25) is 9.59 Å². The number of hydrogen-bond acceptors (Lipinski definition) is 7. The maximum atomic E-state index is 13.0. The second-order valence-electron chi connectivity index (χ2n) is 6.54. The van der Waals surface area contributed by atoms with Crippen molar-refractivity contribution in [2.75, 3.05) is 32.2 Å². The van der Waals surface area contributed by atoms with Gasteiger partial charge in [0.1, 0.15) is 10.7 Å². The van der Waals surface area contributed by atoms with Crippen LogP contribution in [0.5, 0.6) is 0 Å². The Morgan fingerprint density at radius 1 is 1.34 bits per heavy atom. The van der Waals surface area contributed by atoms with E-state index >= 15 is 0 Å². The molecular formula is C19H21ClN4O3S2. The van der Waals surface area contributed by atoms with E-state index in [2.05, 4.69) is 14.7 Å². The van der Waals surface area contributed by atoms with Gasteiger partial charge in [-0.25, -0.2) is 9.38 Å². The van der Waals surface area contributed by atoms with E-state index in [-0.39, 0.29) is 18.1 Å². The van der Waals surface area contributed by atoms with Crippen molar-refractivity contribution in [1.82, 2.24) is 9.88 Å². The van der Waals surface area contributed by atoms with Crippen molar-refractivity contribution >= 4 is 61.9 Å². The molecule has 1 N–H and O–H groups in total. The SMILES string of the molecule is CN(C)CCCC(=O)OC1=c2sc(Cl)cc2=NS(C)=C1C(=O)Nc1ccccn1. The smallest absolute Gasteiger partial charge is 0.311 e. The van der Waals surface area contributed by atoms with Crippen molar-refractivity contribution in [3.8, 4) is 0 Å². The van der Waals surface area contributed by atoms with Crippen molar-refractivity contribution in [2.45, 2.75) is 12.8 Å². The first kappa shape index (κ1) is 21.6. The van der Waals surface area contributed by atoms with E-state index in [0.717, 1.165) is 6.54 Å². The summed E-state index contributed by atoms with van der Waals surface area (Å²) in [5.41, 5.74) is 0. The Kier molecular flexibility index (Phi) is 7.18. The zero-order chi connectivity index (χ0) is 21.0. The van der Waals surface area contributed by atoms with Gasteiger partial charge >= 0.3 is 5.97 Å². The lowest BCUT2D eigenvalue weighted by Crippen LogP contribution is -2.36. The van der Waals surface area contributed by atoms with Gasteiger partial charge in [-0.1, -0.05) is 28.3 Å². The molecule has 1 unspecified atom stereocenters. The first-order chi connectivity index (χ1) is 13.8. The van der Waals surface area contributed by atoms with Gasteiger partial charge in [0.05, 0.1) is 14.2 Å². The van der Waals surface area contributed by atoms with Crippen molar-refractivity contribution in [3.05, 3.63) is 44.7 Å². The van der Waals surface area contributed by atoms with Crippen LogP contribution in [0.15, 0.2) is 34.9 Å². The normalized spacial score (nSPS) is 15.7. The van der Waals surface area contributed by atoms with E-state index in [1.54, 1.807) is 30.5 Å². The van der Waals surface area contributed by atoms with E-state index in [0.29, 0.717) is 31.3 Å². The summed E-state index contributed by atoms with van der Waals surface area (Å²) in [5, 5.41) is 3.39. The van der Waals surface area contributed by atoms with Crippen LogP contribution in [0.1, 0.15) is 12.8 Å². The van der Waals surface area contributed by atoms with Crippen LogP contribution in [-0.4, -0.2) is 53.5 Å². The van der Waals surface area contributed by atoms with Crippen LogP contribution in [0, 0.1) is 0 Å². The van der Waals surface area contributed by atoms with Crippen molar-refractivity contribution in [1.29, 1.82) is 0 Å². The summed E-state index contributed by atoms with van der Waals surface area (Å²) in [4.78, 5) is 31.9. The van der Waals surface area contributed by atoms with E-state index in [1.165, 1.54) is 11.3 Å². The molecule has 2 aromatic heterocycles. The molecule has 3 rings (SSSR count). The monoisotopic (exact) mass is 452 g/mol. The number of pyridine rings is 1. The Morgan fingerprint density at radius 2 is 2.14 bits per heavy atom. The fourth-order valence-electron chi connectivity index (χ4n) is 2.66. The molecule has 1 aliphatic heterocycles. The molecule has 0 saturated heterocycles. The van der Waals surface area contributed by atoms with Gasteiger partial charge in [-0.05, 0) is 51.5 Å². The first-order valence-electron chi connectivity index (χ1n) is 8.84. The first-order valence-corrected chi connectivity index (χ1v) is 11.6. The summed E-state index contributed by atoms with van der Waals surface area (Å²) in [6, 6.07) is 6.94. The third-order valence-corrected chi connectivity index (χ3v) is 6.62. The minimum atomic E-state index is -0.812. The highest BCUT2D eigenvalue weighted by Gasteiger charge is 2.27. The molecule has 1 amide bonds. The number of ether oxygens (including phenoxy) is 1. The van der Waals surface area contributed by atoms with Gasteiger partial charge in [0.25, 0.3) is 5.91 Å². The molecule has 2 aromatic rings. The van der Waals surface area contributed by atoms with E-state index in [9.17, 15) is 9.59 Å². The molecule has 0 bridgehead atoms. The molecule has 0 fully saturated rings. The van der Waals surface area contributed by atoms with Crippen LogP contribution < -0.4 is 15.2 Å². The number of nitrogens with one attached hydrogen (secondary N) is 1. The topological polar surface area (TPSA) is 83.9 Å². The van der Waals surface area contributed by atoms with E-state index in [4.69, 9.17) is 16.3 Å². The summed E-state index contributed by atoms with van der Waals surface area (Å²) in [6.07, 6.45) is 4.31. The zero-order valence-corrected chi connectivity index (χ0v) is 18.7. The quantitative estimate of drug-likeness (QED) is 0.513. The molecule has 0 aliphatic carbocycles. The molecule has 154 valence electrons. The number of hydrogen-bond donors (Lipinski definition) is 1. The van der Waals surface area contributed by atoms with Crippen LogP contribution in [0.4, 0.5) is 5.82 Å². The Labute approximate surface area is 180 Å². The van der Waals surface area contributed by atoms with Crippen LogP contribution >= 0.6 is 33.6 Å². The fourth-order valence-corrected chi connectivity index (χ4v) is 5.19. The summed E-state index contributed by atoms with van der Waals surface area (Å²) in [7, 11) is 3.08. The average molecular weight is 453 g/mol. The minimum absolute atomic E-state index is 0.237. The number of anilines is 1. The molecule has 7 nitrogen and oxygen atoms in total. The number of carbonyl (C=O) groups is 2. The molecule has 29 heavy (non-hydrogen) atoms. The maximum Gasteiger partial charge on any atom is 0.311 e. The molecule has 1 atom stereocenters. The van der Waals surface area contributed by atoms with Gasteiger partial charge in [0.2, 0.25) is 0 Å². The van der Waals surface area contributed by atoms with Crippen molar-refractivity contribution in [2.24, 2.45) is 4.40 Å². The van der Waals surface area contributed by atoms with Crippen LogP contribution in [0.25, 0.3) is 5.76 Å². The molecule has 10 heteroatoms. The minimum Gasteiger partial charge on any atom is -0.423 e. The summed E-state index contributed by atoms with van der Waals surface area (Å²) >= 11 is 7.39. The number of aromatic nitrogens is 1. The lowest BCUT2D eigenvalue weighted by Gasteiger charge is -2.16. The van der Waals surface area contributed by atoms with Gasteiger partial charge in [0, 0.05) is 12.6 Å². The number of nitrogens with zero attached hydrogens (tertiary/aromatic N) is 3.